The molecule has 0 saturated heterocycles. The Morgan fingerprint density at radius 3 is 2.85 bits per heavy atom. The molecule has 0 aliphatic heterocycles. The summed E-state index contributed by atoms with van der Waals surface area (Å²) in [4.78, 5) is 16.6. The molecule has 0 aliphatic rings. The Labute approximate surface area is 118 Å². The molecule has 106 valence electrons. The van der Waals surface area contributed by atoms with Crippen molar-refractivity contribution < 1.29 is 9.53 Å². The van der Waals surface area contributed by atoms with Crippen molar-refractivity contribution in [1.29, 1.82) is 0 Å². The van der Waals surface area contributed by atoms with Gasteiger partial charge in [0.05, 0.1) is 24.1 Å². The largest absolute Gasteiger partial charge is 0.492 e. The molecule has 0 amide bonds. The van der Waals surface area contributed by atoms with E-state index in [0.29, 0.717) is 23.5 Å². The number of nitrogens with zero attached hydrogens (tertiary/aromatic N) is 3. The van der Waals surface area contributed by atoms with E-state index in [2.05, 4.69) is 10.1 Å². The Kier molecular flexibility index (Phi) is 4.50. The number of hydrogen-bond donors (Lipinski definition) is 0. The molecule has 5 heteroatoms. The predicted molar refractivity (Wildman–Crippen MR) is 76.0 cm³/mol. The second-order valence-corrected chi connectivity index (χ2v) is 4.60. The minimum Gasteiger partial charge on any atom is -0.492 e. The molecule has 0 fully saturated rings. The molecular formula is C15H19N3O2. The lowest BCUT2D eigenvalue weighted by Crippen LogP contribution is -2.05. The van der Waals surface area contributed by atoms with E-state index in [1.807, 2.05) is 20.9 Å². The summed E-state index contributed by atoms with van der Waals surface area (Å²) < 4.78 is 7.17. The van der Waals surface area contributed by atoms with E-state index in [4.69, 9.17) is 4.74 Å². The summed E-state index contributed by atoms with van der Waals surface area (Å²) in [5, 5.41) is 4.29. The van der Waals surface area contributed by atoms with E-state index < -0.39 is 0 Å². The van der Waals surface area contributed by atoms with Crippen molar-refractivity contribution in [2.75, 3.05) is 6.61 Å². The van der Waals surface area contributed by atoms with E-state index in [-0.39, 0.29) is 5.78 Å². The maximum atomic E-state index is 12.5. The highest BCUT2D eigenvalue weighted by Crippen LogP contribution is 2.17. The van der Waals surface area contributed by atoms with Gasteiger partial charge in [0.2, 0.25) is 0 Å². The number of ether oxygens (including phenoxy) is 1. The van der Waals surface area contributed by atoms with Crippen molar-refractivity contribution in [3.05, 3.63) is 41.5 Å². The van der Waals surface area contributed by atoms with Crippen LogP contribution in [-0.2, 0) is 13.5 Å². The summed E-state index contributed by atoms with van der Waals surface area (Å²) in [5.41, 5.74) is 1.96. The lowest BCUT2D eigenvalue weighted by atomic mass is 10.0. The summed E-state index contributed by atoms with van der Waals surface area (Å²) >= 11 is 0. The fraction of sp³-hybridized carbons (Fsp3) is 0.400. The van der Waals surface area contributed by atoms with Gasteiger partial charge >= 0.3 is 0 Å². The molecular weight excluding hydrogens is 254 g/mol. The number of pyridine rings is 1. The lowest BCUT2D eigenvalue weighted by Gasteiger charge is -2.05. The van der Waals surface area contributed by atoms with Crippen LogP contribution in [-0.4, -0.2) is 27.2 Å². The lowest BCUT2D eigenvalue weighted by molar-refractivity contribution is 0.103. The van der Waals surface area contributed by atoms with Gasteiger partial charge in [-0.05, 0) is 18.9 Å². The average molecular weight is 273 g/mol. The van der Waals surface area contributed by atoms with Crippen LogP contribution < -0.4 is 4.74 Å². The molecule has 0 bridgehead atoms. The Morgan fingerprint density at radius 2 is 2.15 bits per heavy atom. The fourth-order valence-corrected chi connectivity index (χ4v) is 1.98. The highest BCUT2D eigenvalue weighted by Gasteiger charge is 2.17. The van der Waals surface area contributed by atoms with Crippen LogP contribution in [0.5, 0.6) is 5.75 Å². The molecule has 0 atom stereocenters. The van der Waals surface area contributed by atoms with Crippen LogP contribution in [0.4, 0.5) is 0 Å². The van der Waals surface area contributed by atoms with Crippen LogP contribution in [0.25, 0.3) is 0 Å². The first-order valence-corrected chi connectivity index (χ1v) is 6.80. The molecule has 0 saturated carbocycles. The van der Waals surface area contributed by atoms with Gasteiger partial charge in [0.1, 0.15) is 5.75 Å². The third-order valence-electron chi connectivity index (χ3n) is 2.93. The van der Waals surface area contributed by atoms with E-state index in [1.54, 1.807) is 29.3 Å². The normalized spacial score (nSPS) is 10.6. The maximum Gasteiger partial charge on any atom is 0.198 e. The Morgan fingerprint density at radius 1 is 1.35 bits per heavy atom. The number of carbonyl (C=O) groups excluding carboxylic acids is 1. The van der Waals surface area contributed by atoms with Gasteiger partial charge in [-0.2, -0.15) is 5.10 Å². The van der Waals surface area contributed by atoms with Crippen LogP contribution in [0.15, 0.2) is 24.7 Å². The topological polar surface area (TPSA) is 57.0 Å². The first-order chi connectivity index (χ1) is 9.65. The minimum absolute atomic E-state index is 0.0654. The van der Waals surface area contributed by atoms with E-state index >= 15 is 0 Å². The zero-order valence-electron chi connectivity index (χ0n) is 12.1. The van der Waals surface area contributed by atoms with Crippen molar-refractivity contribution in [3.8, 4) is 5.75 Å². The van der Waals surface area contributed by atoms with Gasteiger partial charge in [-0.25, -0.2) is 0 Å². The fourth-order valence-electron chi connectivity index (χ4n) is 1.98. The zero-order chi connectivity index (χ0) is 14.5. The second-order valence-electron chi connectivity index (χ2n) is 4.60. The summed E-state index contributed by atoms with van der Waals surface area (Å²) in [5.74, 6) is 0.559. The van der Waals surface area contributed by atoms with Crippen molar-refractivity contribution in [2.24, 2.45) is 7.05 Å². The first-order valence-electron chi connectivity index (χ1n) is 6.80. The minimum atomic E-state index is -0.0654. The number of hydrogen-bond acceptors (Lipinski definition) is 4. The molecule has 0 N–H and O–H groups in total. The molecule has 2 heterocycles. The molecule has 20 heavy (non-hydrogen) atoms. The third-order valence-corrected chi connectivity index (χ3v) is 2.93. The van der Waals surface area contributed by atoms with E-state index in [9.17, 15) is 4.79 Å². The van der Waals surface area contributed by atoms with Crippen molar-refractivity contribution in [2.45, 2.75) is 26.7 Å². The molecule has 0 unspecified atom stereocenters. The van der Waals surface area contributed by atoms with Gasteiger partial charge in [-0.1, -0.05) is 13.8 Å². The standard InChI is InChI=1S/C15H19N3O2/c1-4-6-20-12-7-11(8-16-9-12)15(19)13-10-18(3)17-14(13)5-2/h7-10H,4-6H2,1-3H3. The first kappa shape index (κ1) is 14.2. The van der Waals surface area contributed by atoms with Crippen LogP contribution in [0, 0.1) is 0 Å². The van der Waals surface area contributed by atoms with Crippen LogP contribution in [0.1, 0.15) is 41.9 Å². The highest BCUT2D eigenvalue weighted by atomic mass is 16.5. The van der Waals surface area contributed by atoms with Crippen molar-refractivity contribution >= 4 is 5.78 Å². The molecule has 0 spiro atoms. The van der Waals surface area contributed by atoms with E-state index in [1.165, 1.54) is 0 Å². The Balaban J connectivity index is 2.28. The second kappa shape index (κ2) is 6.32. The van der Waals surface area contributed by atoms with Crippen molar-refractivity contribution in [1.82, 2.24) is 14.8 Å². The number of carbonyl (C=O) groups is 1. The molecule has 5 nitrogen and oxygen atoms in total. The predicted octanol–water partition coefficient (Wildman–Crippen LogP) is 2.40. The van der Waals surface area contributed by atoms with Crippen LogP contribution in [0.3, 0.4) is 0 Å². The molecule has 2 aromatic rings. The van der Waals surface area contributed by atoms with E-state index in [0.717, 1.165) is 18.5 Å². The highest BCUT2D eigenvalue weighted by molar-refractivity contribution is 6.09. The SMILES string of the molecule is CCCOc1cncc(C(=O)c2cn(C)nc2CC)c1. The number of aryl methyl sites for hydroxylation is 2. The summed E-state index contributed by atoms with van der Waals surface area (Å²) in [7, 11) is 1.81. The maximum absolute atomic E-state index is 12.5. The number of aromatic nitrogens is 3. The van der Waals surface area contributed by atoms with Crippen LogP contribution in [0.2, 0.25) is 0 Å². The van der Waals surface area contributed by atoms with Gasteiger partial charge < -0.3 is 4.74 Å². The Hall–Kier alpha value is -2.17. The average Bonchev–Trinajstić information content (AvgIpc) is 2.85. The quantitative estimate of drug-likeness (QED) is 0.758. The van der Waals surface area contributed by atoms with Gasteiger partial charge in [0.15, 0.2) is 5.78 Å². The van der Waals surface area contributed by atoms with Gasteiger partial charge in [-0.15, -0.1) is 0 Å². The third kappa shape index (κ3) is 3.04. The monoisotopic (exact) mass is 273 g/mol. The zero-order valence-corrected chi connectivity index (χ0v) is 12.1. The van der Waals surface area contributed by atoms with Crippen LogP contribution >= 0.6 is 0 Å². The Bertz CT molecular complexity index is 605. The van der Waals surface area contributed by atoms with Crippen molar-refractivity contribution in [3.63, 3.8) is 0 Å². The van der Waals surface area contributed by atoms with Gasteiger partial charge in [0, 0.05) is 25.0 Å². The van der Waals surface area contributed by atoms with Gasteiger partial charge in [-0.3, -0.25) is 14.5 Å². The number of rotatable bonds is 6. The number of ketones is 1. The molecule has 2 rings (SSSR count). The summed E-state index contributed by atoms with van der Waals surface area (Å²) in [6.07, 6.45) is 6.58. The molecule has 0 radical (unpaired) electrons. The summed E-state index contributed by atoms with van der Waals surface area (Å²) in [6, 6.07) is 1.73. The molecule has 0 aromatic carbocycles. The smallest absolute Gasteiger partial charge is 0.198 e. The molecule has 0 aliphatic carbocycles. The summed E-state index contributed by atoms with van der Waals surface area (Å²) in [6.45, 7) is 4.64. The van der Waals surface area contributed by atoms with Gasteiger partial charge in [0.25, 0.3) is 0 Å². The molecule has 2 aromatic heterocycles.